The number of halogens is 3. The molecule has 4 nitrogen and oxygen atoms in total. The summed E-state index contributed by atoms with van der Waals surface area (Å²) in [5.74, 6) is -0.303. The molecule has 7 heteroatoms. The largest absolute Gasteiger partial charge is 0.416 e. The van der Waals surface area contributed by atoms with Crippen molar-refractivity contribution in [2.75, 3.05) is 13.1 Å². The molecule has 0 spiro atoms. The Hall–Kier alpha value is -2.67. The average molecular weight is 376 g/mol. The Bertz CT molecular complexity index is 808. The van der Waals surface area contributed by atoms with Gasteiger partial charge in [-0.1, -0.05) is 24.8 Å². The third kappa shape index (κ3) is 4.54. The lowest BCUT2D eigenvalue weighted by molar-refractivity contribution is -0.137. The van der Waals surface area contributed by atoms with Crippen molar-refractivity contribution < 1.29 is 22.7 Å². The Kier molecular flexibility index (Phi) is 5.60. The highest BCUT2D eigenvalue weighted by molar-refractivity contribution is 5.87. The SMILES string of the molecule is C=CC(=O)N1C[C@@H](OCc2cccc(C(F)(F)F)c2)[C@H](c2cccnc2)C1. The number of hydrogen-bond acceptors (Lipinski definition) is 3. The van der Waals surface area contributed by atoms with E-state index in [0.717, 1.165) is 17.7 Å². The molecule has 1 aromatic carbocycles. The van der Waals surface area contributed by atoms with Crippen LogP contribution in [-0.2, 0) is 22.3 Å². The van der Waals surface area contributed by atoms with Crippen LogP contribution >= 0.6 is 0 Å². The zero-order valence-electron chi connectivity index (χ0n) is 14.5. The van der Waals surface area contributed by atoms with Crippen LogP contribution in [-0.4, -0.2) is 35.0 Å². The molecule has 27 heavy (non-hydrogen) atoms. The van der Waals surface area contributed by atoms with E-state index in [4.69, 9.17) is 4.74 Å². The van der Waals surface area contributed by atoms with Crippen molar-refractivity contribution in [3.8, 4) is 0 Å². The number of amides is 1. The van der Waals surface area contributed by atoms with E-state index >= 15 is 0 Å². The Morgan fingerprint density at radius 3 is 2.78 bits per heavy atom. The second-order valence-electron chi connectivity index (χ2n) is 6.39. The van der Waals surface area contributed by atoms with Crippen molar-refractivity contribution in [3.63, 3.8) is 0 Å². The Labute approximate surface area is 155 Å². The van der Waals surface area contributed by atoms with Crippen molar-refractivity contribution in [1.29, 1.82) is 0 Å². The van der Waals surface area contributed by atoms with Gasteiger partial charge in [-0.05, 0) is 35.4 Å². The van der Waals surface area contributed by atoms with Gasteiger partial charge < -0.3 is 9.64 Å². The van der Waals surface area contributed by atoms with Gasteiger partial charge in [0.1, 0.15) is 0 Å². The number of benzene rings is 1. The monoisotopic (exact) mass is 376 g/mol. The zero-order chi connectivity index (χ0) is 19.4. The minimum atomic E-state index is -4.39. The van der Waals surface area contributed by atoms with Crippen LogP contribution in [0.3, 0.4) is 0 Å². The quantitative estimate of drug-likeness (QED) is 0.746. The minimum absolute atomic E-state index is 0.0292. The van der Waals surface area contributed by atoms with E-state index in [1.165, 1.54) is 12.1 Å². The van der Waals surface area contributed by atoms with Crippen LogP contribution in [0.5, 0.6) is 0 Å². The molecular weight excluding hydrogens is 357 g/mol. The summed E-state index contributed by atoms with van der Waals surface area (Å²) in [5.41, 5.74) is 0.649. The number of pyridine rings is 1. The van der Waals surface area contributed by atoms with Crippen molar-refractivity contribution in [1.82, 2.24) is 9.88 Å². The normalized spacial score (nSPS) is 19.9. The van der Waals surface area contributed by atoms with E-state index in [9.17, 15) is 18.0 Å². The fraction of sp³-hybridized carbons (Fsp3) is 0.300. The van der Waals surface area contributed by atoms with E-state index in [1.54, 1.807) is 29.4 Å². The number of hydrogen-bond donors (Lipinski definition) is 0. The Morgan fingerprint density at radius 1 is 1.30 bits per heavy atom. The molecule has 0 unspecified atom stereocenters. The number of aromatic nitrogens is 1. The third-order valence-corrected chi connectivity index (χ3v) is 4.58. The molecular formula is C20H19F3N2O2. The highest BCUT2D eigenvalue weighted by atomic mass is 19.4. The predicted octanol–water partition coefficient (Wildman–Crippen LogP) is 3.80. The molecule has 1 saturated heterocycles. The number of carbonyl (C=O) groups excluding carboxylic acids is 1. The molecule has 1 aliphatic heterocycles. The molecule has 3 rings (SSSR count). The van der Waals surface area contributed by atoms with Gasteiger partial charge in [0, 0.05) is 31.4 Å². The molecule has 1 fully saturated rings. The average Bonchev–Trinajstić information content (AvgIpc) is 3.10. The molecule has 0 saturated carbocycles. The smallest absolute Gasteiger partial charge is 0.371 e. The fourth-order valence-electron chi connectivity index (χ4n) is 3.21. The van der Waals surface area contributed by atoms with Crippen molar-refractivity contribution in [3.05, 3.63) is 78.1 Å². The number of carbonyl (C=O) groups is 1. The molecule has 2 atom stereocenters. The first-order chi connectivity index (χ1) is 12.9. The highest BCUT2D eigenvalue weighted by Gasteiger charge is 2.36. The Morgan fingerprint density at radius 2 is 2.11 bits per heavy atom. The second-order valence-corrected chi connectivity index (χ2v) is 6.39. The molecule has 1 aromatic heterocycles. The molecule has 1 aliphatic rings. The Balaban J connectivity index is 1.75. The maximum Gasteiger partial charge on any atom is 0.416 e. The minimum Gasteiger partial charge on any atom is -0.371 e. The van der Waals surface area contributed by atoms with Gasteiger partial charge in [-0.25, -0.2) is 0 Å². The summed E-state index contributed by atoms with van der Waals surface area (Å²) in [5, 5.41) is 0. The van der Waals surface area contributed by atoms with Gasteiger partial charge >= 0.3 is 6.18 Å². The van der Waals surface area contributed by atoms with E-state index in [2.05, 4.69) is 11.6 Å². The molecule has 2 aromatic rings. The lowest BCUT2D eigenvalue weighted by Crippen LogP contribution is -2.28. The van der Waals surface area contributed by atoms with Crippen LogP contribution in [0.2, 0.25) is 0 Å². The van der Waals surface area contributed by atoms with Gasteiger partial charge in [0.05, 0.1) is 18.3 Å². The molecule has 0 radical (unpaired) electrons. The number of rotatable bonds is 5. The number of likely N-dealkylation sites (tertiary alicyclic amines) is 1. The number of nitrogens with zero attached hydrogens (tertiary/aromatic N) is 2. The van der Waals surface area contributed by atoms with Crippen LogP contribution < -0.4 is 0 Å². The van der Waals surface area contributed by atoms with E-state index in [0.29, 0.717) is 18.7 Å². The molecule has 0 N–H and O–H groups in total. The van der Waals surface area contributed by atoms with Gasteiger partial charge in [-0.3, -0.25) is 9.78 Å². The van der Waals surface area contributed by atoms with Crippen molar-refractivity contribution >= 4 is 5.91 Å². The summed E-state index contributed by atoms with van der Waals surface area (Å²) in [6, 6.07) is 8.78. The third-order valence-electron chi connectivity index (χ3n) is 4.58. The molecule has 0 aliphatic carbocycles. The highest BCUT2D eigenvalue weighted by Crippen LogP contribution is 2.32. The predicted molar refractivity (Wildman–Crippen MR) is 93.8 cm³/mol. The van der Waals surface area contributed by atoms with Crippen molar-refractivity contribution in [2.45, 2.75) is 24.8 Å². The van der Waals surface area contributed by atoms with Gasteiger partial charge in [-0.2, -0.15) is 13.2 Å². The maximum atomic E-state index is 12.9. The van der Waals surface area contributed by atoms with Crippen LogP contribution in [0, 0.1) is 0 Å². The standard InChI is InChI=1S/C20H19F3N2O2/c1-2-19(26)25-11-17(15-6-4-8-24-10-15)18(12-25)27-13-14-5-3-7-16(9-14)20(21,22)23/h2-10,17-18H,1,11-13H2/t17-,18+/m0/s1. The summed E-state index contributed by atoms with van der Waals surface area (Å²) in [4.78, 5) is 17.7. The summed E-state index contributed by atoms with van der Waals surface area (Å²) in [6.45, 7) is 4.33. The summed E-state index contributed by atoms with van der Waals surface area (Å²) in [6.07, 6.45) is -0.117. The molecule has 0 bridgehead atoms. The molecule has 142 valence electrons. The lowest BCUT2D eigenvalue weighted by Gasteiger charge is -2.19. The summed E-state index contributed by atoms with van der Waals surface area (Å²) >= 11 is 0. The number of alkyl halides is 3. The molecule has 2 heterocycles. The first kappa shape index (κ1) is 19.1. The topological polar surface area (TPSA) is 42.4 Å². The maximum absolute atomic E-state index is 12.9. The zero-order valence-corrected chi connectivity index (χ0v) is 14.5. The number of ether oxygens (including phenoxy) is 1. The van der Waals surface area contributed by atoms with E-state index in [-0.39, 0.29) is 24.5 Å². The fourth-order valence-corrected chi connectivity index (χ4v) is 3.21. The van der Waals surface area contributed by atoms with E-state index in [1.807, 2.05) is 6.07 Å². The van der Waals surface area contributed by atoms with Crippen LogP contribution in [0.15, 0.2) is 61.4 Å². The van der Waals surface area contributed by atoms with E-state index < -0.39 is 11.7 Å². The molecule has 1 amide bonds. The second kappa shape index (κ2) is 7.92. The summed E-state index contributed by atoms with van der Waals surface area (Å²) in [7, 11) is 0. The first-order valence-corrected chi connectivity index (χ1v) is 8.47. The lowest BCUT2D eigenvalue weighted by atomic mass is 9.98. The first-order valence-electron chi connectivity index (χ1n) is 8.47. The van der Waals surface area contributed by atoms with Gasteiger partial charge in [0.15, 0.2) is 0 Å². The summed E-state index contributed by atoms with van der Waals surface area (Å²) < 4.78 is 44.5. The van der Waals surface area contributed by atoms with Crippen LogP contribution in [0.25, 0.3) is 0 Å². The van der Waals surface area contributed by atoms with Gasteiger partial charge in [0.25, 0.3) is 0 Å². The van der Waals surface area contributed by atoms with Crippen molar-refractivity contribution in [2.24, 2.45) is 0 Å². The van der Waals surface area contributed by atoms with Crippen LogP contribution in [0.4, 0.5) is 13.2 Å². The van der Waals surface area contributed by atoms with Gasteiger partial charge in [0.2, 0.25) is 5.91 Å². The van der Waals surface area contributed by atoms with Gasteiger partial charge in [-0.15, -0.1) is 0 Å². The van der Waals surface area contributed by atoms with Crippen LogP contribution in [0.1, 0.15) is 22.6 Å².